The standard InChI is InChI=1S/C20H15ClN2O4/c21-11-5-6-15-13(9-11)18(12-2-1-3-14(12)22-15)19(25)23-16-8-10(20(26)27)4-7-17(16)24/h4-9,24H,1-3H2,(H,23,25)(H,26,27). The molecule has 0 spiro atoms. The second kappa shape index (κ2) is 6.55. The first-order valence-electron chi connectivity index (χ1n) is 8.42. The number of hydrogen-bond acceptors (Lipinski definition) is 4. The monoisotopic (exact) mass is 382 g/mol. The molecule has 3 aromatic rings. The van der Waals surface area contributed by atoms with Gasteiger partial charge in [0.2, 0.25) is 0 Å². The van der Waals surface area contributed by atoms with Crippen molar-refractivity contribution in [3.63, 3.8) is 0 Å². The van der Waals surface area contributed by atoms with Crippen LogP contribution in [0.25, 0.3) is 10.9 Å². The Hall–Kier alpha value is -3.12. The minimum Gasteiger partial charge on any atom is -0.506 e. The molecule has 2 aromatic carbocycles. The third-order valence-corrected chi connectivity index (χ3v) is 4.93. The van der Waals surface area contributed by atoms with Crippen molar-refractivity contribution in [3.8, 4) is 5.75 Å². The van der Waals surface area contributed by atoms with E-state index in [4.69, 9.17) is 16.7 Å². The maximum Gasteiger partial charge on any atom is 0.335 e. The molecule has 3 N–H and O–H groups in total. The van der Waals surface area contributed by atoms with Gasteiger partial charge in [-0.05, 0) is 61.2 Å². The molecule has 1 aliphatic carbocycles. The smallest absolute Gasteiger partial charge is 0.335 e. The van der Waals surface area contributed by atoms with Gasteiger partial charge in [0.05, 0.1) is 22.3 Å². The number of phenols is 1. The maximum absolute atomic E-state index is 13.1. The predicted molar refractivity (Wildman–Crippen MR) is 102 cm³/mol. The van der Waals surface area contributed by atoms with Crippen molar-refractivity contribution in [3.05, 3.63) is 63.8 Å². The Kier molecular flexibility index (Phi) is 4.20. The van der Waals surface area contributed by atoms with E-state index in [1.165, 1.54) is 18.2 Å². The number of nitrogens with zero attached hydrogens (tertiary/aromatic N) is 1. The van der Waals surface area contributed by atoms with Crippen LogP contribution in [0.5, 0.6) is 5.75 Å². The van der Waals surface area contributed by atoms with Gasteiger partial charge >= 0.3 is 5.97 Å². The fourth-order valence-electron chi connectivity index (χ4n) is 3.45. The zero-order chi connectivity index (χ0) is 19.1. The van der Waals surface area contributed by atoms with E-state index in [-0.39, 0.29) is 17.0 Å². The van der Waals surface area contributed by atoms with E-state index in [2.05, 4.69) is 10.3 Å². The number of pyridine rings is 1. The van der Waals surface area contributed by atoms with Crippen molar-refractivity contribution in [1.82, 2.24) is 4.98 Å². The van der Waals surface area contributed by atoms with Crippen molar-refractivity contribution < 1.29 is 19.8 Å². The van der Waals surface area contributed by atoms with Gasteiger partial charge in [-0.1, -0.05) is 11.6 Å². The molecule has 136 valence electrons. The molecule has 1 amide bonds. The number of hydrogen-bond donors (Lipinski definition) is 3. The van der Waals surface area contributed by atoms with Gasteiger partial charge in [-0.3, -0.25) is 9.78 Å². The molecule has 1 heterocycles. The zero-order valence-corrected chi connectivity index (χ0v) is 14.9. The molecule has 0 atom stereocenters. The summed E-state index contributed by atoms with van der Waals surface area (Å²) in [6.07, 6.45) is 2.44. The number of carboxylic acids is 1. The number of aromatic nitrogens is 1. The summed E-state index contributed by atoms with van der Waals surface area (Å²) >= 11 is 6.12. The first kappa shape index (κ1) is 17.3. The summed E-state index contributed by atoms with van der Waals surface area (Å²) in [5.41, 5.74) is 2.91. The largest absolute Gasteiger partial charge is 0.506 e. The average molecular weight is 383 g/mol. The lowest BCUT2D eigenvalue weighted by molar-refractivity contribution is 0.0696. The Labute approximate surface area is 159 Å². The van der Waals surface area contributed by atoms with Gasteiger partial charge in [0, 0.05) is 16.1 Å². The minimum atomic E-state index is -1.15. The van der Waals surface area contributed by atoms with Gasteiger partial charge in [-0.2, -0.15) is 0 Å². The lowest BCUT2D eigenvalue weighted by Gasteiger charge is -2.14. The van der Waals surface area contributed by atoms with Crippen molar-refractivity contribution in [2.75, 3.05) is 5.32 Å². The summed E-state index contributed by atoms with van der Waals surface area (Å²) in [6, 6.07) is 8.94. The number of anilines is 1. The van der Waals surface area contributed by atoms with E-state index in [1.54, 1.807) is 18.2 Å². The van der Waals surface area contributed by atoms with Gasteiger partial charge in [0.25, 0.3) is 5.91 Å². The molecule has 4 rings (SSSR count). The number of carbonyl (C=O) groups is 2. The van der Waals surface area contributed by atoms with Gasteiger partial charge in [-0.25, -0.2) is 4.79 Å². The van der Waals surface area contributed by atoms with Crippen molar-refractivity contribution in [2.24, 2.45) is 0 Å². The summed E-state index contributed by atoms with van der Waals surface area (Å²) in [7, 11) is 0. The van der Waals surface area contributed by atoms with Crippen LogP contribution in [0.1, 0.15) is 38.4 Å². The summed E-state index contributed by atoms with van der Waals surface area (Å²) in [5.74, 6) is -1.78. The zero-order valence-electron chi connectivity index (χ0n) is 14.1. The van der Waals surface area contributed by atoms with Gasteiger partial charge < -0.3 is 15.5 Å². The Morgan fingerprint density at radius 1 is 1.11 bits per heavy atom. The second-order valence-electron chi connectivity index (χ2n) is 6.42. The molecule has 0 bridgehead atoms. The first-order valence-corrected chi connectivity index (χ1v) is 8.80. The summed E-state index contributed by atoms with van der Waals surface area (Å²) in [6.45, 7) is 0. The maximum atomic E-state index is 13.1. The summed E-state index contributed by atoms with van der Waals surface area (Å²) in [4.78, 5) is 28.9. The number of halogens is 1. The Morgan fingerprint density at radius 3 is 2.70 bits per heavy atom. The second-order valence-corrected chi connectivity index (χ2v) is 6.85. The SMILES string of the molecule is O=C(O)c1ccc(O)c(NC(=O)c2c3c(nc4ccc(Cl)cc24)CCC3)c1. The number of fused-ring (bicyclic) bond motifs is 2. The quantitative estimate of drug-likeness (QED) is 0.594. The minimum absolute atomic E-state index is 0.0315. The van der Waals surface area contributed by atoms with Crippen molar-refractivity contribution >= 4 is 40.1 Å². The van der Waals surface area contributed by atoms with Crippen LogP contribution >= 0.6 is 11.6 Å². The molecule has 6 nitrogen and oxygen atoms in total. The highest BCUT2D eigenvalue weighted by molar-refractivity contribution is 6.31. The van der Waals surface area contributed by atoms with Crippen LogP contribution in [0, 0.1) is 0 Å². The van der Waals surface area contributed by atoms with Crippen LogP contribution in [-0.2, 0) is 12.8 Å². The van der Waals surface area contributed by atoms with E-state index in [0.717, 1.165) is 30.5 Å². The molecule has 0 radical (unpaired) electrons. The van der Waals surface area contributed by atoms with E-state index in [0.29, 0.717) is 21.5 Å². The lowest BCUT2D eigenvalue weighted by atomic mass is 10.0. The van der Waals surface area contributed by atoms with E-state index < -0.39 is 11.9 Å². The molecular formula is C20H15ClN2O4. The topological polar surface area (TPSA) is 99.5 Å². The number of carboxylic acid groups (broad SMARTS) is 1. The first-order chi connectivity index (χ1) is 12.9. The highest BCUT2D eigenvalue weighted by atomic mass is 35.5. The molecule has 27 heavy (non-hydrogen) atoms. The molecular weight excluding hydrogens is 368 g/mol. The van der Waals surface area contributed by atoms with Crippen molar-refractivity contribution in [1.29, 1.82) is 0 Å². The molecule has 7 heteroatoms. The number of benzene rings is 2. The molecule has 1 aromatic heterocycles. The van der Waals surface area contributed by atoms with Crippen LogP contribution in [-0.4, -0.2) is 27.1 Å². The number of amides is 1. The molecule has 0 fully saturated rings. The fourth-order valence-corrected chi connectivity index (χ4v) is 3.62. The Bertz CT molecular complexity index is 1110. The van der Waals surface area contributed by atoms with E-state index in [9.17, 15) is 14.7 Å². The fraction of sp³-hybridized carbons (Fsp3) is 0.150. The normalized spacial score (nSPS) is 12.8. The highest BCUT2D eigenvalue weighted by Gasteiger charge is 2.24. The number of phenolic OH excluding ortho intramolecular Hbond substituents is 1. The highest BCUT2D eigenvalue weighted by Crippen LogP contribution is 2.33. The van der Waals surface area contributed by atoms with Crippen LogP contribution in [0.3, 0.4) is 0 Å². The average Bonchev–Trinajstić information content (AvgIpc) is 3.09. The van der Waals surface area contributed by atoms with Gasteiger partial charge in [0.15, 0.2) is 0 Å². The number of aromatic hydroxyl groups is 1. The number of rotatable bonds is 3. The Morgan fingerprint density at radius 2 is 1.93 bits per heavy atom. The Balaban J connectivity index is 1.83. The summed E-state index contributed by atoms with van der Waals surface area (Å²) < 4.78 is 0. The van der Waals surface area contributed by atoms with Gasteiger partial charge in [-0.15, -0.1) is 0 Å². The van der Waals surface area contributed by atoms with Crippen LogP contribution in [0.15, 0.2) is 36.4 Å². The van der Waals surface area contributed by atoms with E-state index in [1.807, 2.05) is 0 Å². The number of nitrogens with one attached hydrogen (secondary N) is 1. The summed E-state index contributed by atoms with van der Waals surface area (Å²) in [5, 5.41) is 22.9. The van der Waals surface area contributed by atoms with E-state index >= 15 is 0 Å². The van der Waals surface area contributed by atoms with Crippen LogP contribution in [0.2, 0.25) is 5.02 Å². The predicted octanol–water partition coefficient (Wildman–Crippen LogP) is 4.03. The molecule has 0 saturated heterocycles. The molecule has 1 aliphatic rings. The van der Waals surface area contributed by atoms with Crippen LogP contribution in [0.4, 0.5) is 5.69 Å². The number of aromatic carboxylic acids is 1. The third kappa shape index (κ3) is 3.08. The third-order valence-electron chi connectivity index (χ3n) is 4.69. The molecule has 0 aliphatic heterocycles. The van der Waals surface area contributed by atoms with Gasteiger partial charge in [0.1, 0.15) is 5.75 Å². The molecule has 0 unspecified atom stereocenters. The van der Waals surface area contributed by atoms with Crippen molar-refractivity contribution in [2.45, 2.75) is 19.3 Å². The number of carbonyl (C=O) groups excluding carboxylic acids is 1. The number of aryl methyl sites for hydroxylation is 1. The molecule has 0 saturated carbocycles. The van der Waals surface area contributed by atoms with Crippen LogP contribution < -0.4 is 5.32 Å². The lowest BCUT2D eigenvalue weighted by Crippen LogP contribution is -2.16.